The molecule has 2 heterocycles. The first-order chi connectivity index (χ1) is 10.3. The smallest absolute Gasteiger partial charge is 0.410 e. The molecule has 1 saturated heterocycles. The van der Waals surface area contributed by atoms with E-state index in [4.69, 9.17) is 4.74 Å². The third-order valence-corrected chi connectivity index (χ3v) is 3.96. The maximum atomic E-state index is 12.2. The monoisotopic (exact) mass is 301 g/mol. The number of aryl methyl sites for hydroxylation is 1. The molecule has 1 amide bonds. The number of aromatic nitrogens is 2. The van der Waals surface area contributed by atoms with Crippen LogP contribution in [0.1, 0.15) is 38.9 Å². The quantitative estimate of drug-likeness (QED) is 0.809. The van der Waals surface area contributed by atoms with Gasteiger partial charge in [0.1, 0.15) is 5.60 Å². The fourth-order valence-corrected chi connectivity index (χ4v) is 2.96. The number of ether oxygens (including phenoxy) is 1. The number of para-hydroxylation sites is 1. The molecule has 3 rings (SSSR count). The lowest BCUT2D eigenvalue weighted by atomic mass is 10.2. The summed E-state index contributed by atoms with van der Waals surface area (Å²) >= 11 is 0. The fraction of sp³-hybridized carbons (Fsp3) is 0.529. The molecule has 0 spiro atoms. The minimum absolute atomic E-state index is 0.214. The lowest BCUT2D eigenvalue weighted by molar-refractivity contribution is 0.0288. The average molecular weight is 301 g/mol. The number of benzene rings is 1. The van der Waals surface area contributed by atoms with Gasteiger partial charge in [-0.25, -0.2) is 4.79 Å². The van der Waals surface area contributed by atoms with E-state index in [1.165, 1.54) is 5.39 Å². The molecule has 1 fully saturated rings. The maximum Gasteiger partial charge on any atom is 0.410 e. The van der Waals surface area contributed by atoms with Crippen molar-refractivity contribution in [2.24, 2.45) is 0 Å². The lowest BCUT2D eigenvalue weighted by Crippen LogP contribution is -2.35. The molecular weight excluding hydrogens is 278 g/mol. The second-order valence-electron chi connectivity index (χ2n) is 6.92. The van der Waals surface area contributed by atoms with Crippen LogP contribution in [-0.4, -0.2) is 39.5 Å². The van der Waals surface area contributed by atoms with E-state index in [0.717, 1.165) is 17.6 Å². The summed E-state index contributed by atoms with van der Waals surface area (Å²) in [6.45, 7) is 9.07. The van der Waals surface area contributed by atoms with E-state index in [0.29, 0.717) is 13.1 Å². The van der Waals surface area contributed by atoms with Crippen LogP contribution in [0.4, 0.5) is 4.79 Å². The average Bonchev–Trinajstić information content (AvgIpc) is 3.03. The zero-order valence-electron chi connectivity index (χ0n) is 13.7. The molecule has 1 aliphatic rings. The second-order valence-corrected chi connectivity index (χ2v) is 6.92. The molecule has 5 nitrogen and oxygen atoms in total. The number of amides is 1. The van der Waals surface area contributed by atoms with Crippen LogP contribution in [0.2, 0.25) is 0 Å². The Morgan fingerprint density at radius 2 is 2.05 bits per heavy atom. The Kier molecular flexibility index (Phi) is 3.59. The number of fused-ring (bicyclic) bond motifs is 1. The van der Waals surface area contributed by atoms with Gasteiger partial charge in [-0.3, -0.25) is 4.68 Å². The van der Waals surface area contributed by atoms with Gasteiger partial charge in [0, 0.05) is 18.5 Å². The first kappa shape index (κ1) is 14.9. The molecule has 1 unspecified atom stereocenters. The minimum Gasteiger partial charge on any atom is -0.444 e. The van der Waals surface area contributed by atoms with E-state index in [1.54, 1.807) is 4.90 Å². The normalized spacial score (nSPS) is 18.9. The number of rotatable bonds is 1. The molecule has 1 aromatic heterocycles. The lowest BCUT2D eigenvalue weighted by Gasteiger charge is -2.24. The molecule has 118 valence electrons. The molecule has 0 radical (unpaired) electrons. The summed E-state index contributed by atoms with van der Waals surface area (Å²) in [4.78, 5) is 14.0. The highest BCUT2D eigenvalue weighted by molar-refractivity contribution is 5.81. The van der Waals surface area contributed by atoms with Gasteiger partial charge in [-0.1, -0.05) is 18.2 Å². The van der Waals surface area contributed by atoms with Crippen LogP contribution in [0.3, 0.4) is 0 Å². The number of hydrogen-bond acceptors (Lipinski definition) is 3. The third-order valence-electron chi connectivity index (χ3n) is 3.96. The Balaban J connectivity index is 1.79. The van der Waals surface area contributed by atoms with E-state index >= 15 is 0 Å². The Bertz CT molecular complexity index is 699. The molecule has 2 aromatic rings. The van der Waals surface area contributed by atoms with Crippen molar-refractivity contribution in [2.75, 3.05) is 13.1 Å². The highest BCUT2D eigenvalue weighted by atomic mass is 16.6. The van der Waals surface area contributed by atoms with Gasteiger partial charge in [0.2, 0.25) is 0 Å². The third kappa shape index (κ3) is 2.80. The minimum atomic E-state index is -0.454. The summed E-state index contributed by atoms with van der Waals surface area (Å²) in [5, 5.41) is 5.86. The van der Waals surface area contributed by atoms with Crippen LogP contribution in [0.15, 0.2) is 24.3 Å². The van der Waals surface area contributed by atoms with E-state index in [1.807, 2.05) is 39.8 Å². The van der Waals surface area contributed by atoms with Crippen molar-refractivity contribution in [3.8, 4) is 0 Å². The van der Waals surface area contributed by atoms with Gasteiger partial charge in [-0.15, -0.1) is 0 Å². The molecule has 1 aliphatic heterocycles. The first-order valence-corrected chi connectivity index (χ1v) is 7.77. The molecule has 22 heavy (non-hydrogen) atoms. The molecular formula is C17H23N3O2. The summed E-state index contributed by atoms with van der Waals surface area (Å²) in [5.74, 6) is 0. The summed E-state index contributed by atoms with van der Waals surface area (Å²) in [5.41, 5.74) is 1.71. The van der Waals surface area contributed by atoms with Crippen LogP contribution in [0.5, 0.6) is 0 Å². The van der Waals surface area contributed by atoms with Gasteiger partial charge in [0.15, 0.2) is 0 Å². The molecule has 0 N–H and O–H groups in total. The van der Waals surface area contributed by atoms with Crippen molar-refractivity contribution in [1.82, 2.24) is 14.7 Å². The number of hydrogen-bond donors (Lipinski definition) is 0. The van der Waals surface area contributed by atoms with Gasteiger partial charge >= 0.3 is 6.09 Å². The Morgan fingerprint density at radius 1 is 1.32 bits per heavy atom. The first-order valence-electron chi connectivity index (χ1n) is 7.77. The van der Waals surface area contributed by atoms with Crippen LogP contribution in [0.25, 0.3) is 10.9 Å². The number of likely N-dealkylation sites (tertiary alicyclic amines) is 1. The molecule has 1 aromatic carbocycles. The summed E-state index contributed by atoms with van der Waals surface area (Å²) in [6.07, 6.45) is 0.674. The van der Waals surface area contributed by atoms with Crippen LogP contribution < -0.4 is 0 Å². The van der Waals surface area contributed by atoms with Crippen molar-refractivity contribution in [3.05, 3.63) is 30.0 Å². The van der Waals surface area contributed by atoms with Crippen LogP contribution in [-0.2, 0) is 4.74 Å². The van der Waals surface area contributed by atoms with E-state index < -0.39 is 5.60 Å². The van der Waals surface area contributed by atoms with Gasteiger partial charge in [0.25, 0.3) is 0 Å². The summed E-state index contributed by atoms with van der Waals surface area (Å²) in [7, 11) is 0. The predicted molar refractivity (Wildman–Crippen MR) is 85.9 cm³/mol. The summed E-state index contributed by atoms with van der Waals surface area (Å²) in [6, 6.07) is 8.45. The van der Waals surface area contributed by atoms with E-state index in [-0.39, 0.29) is 12.1 Å². The van der Waals surface area contributed by atoms with Gasteiger partial charge < -0.3 is 9.64 Å². The molecule has 1 atom stereocenters. The van der Waals surface area contributed by atoms with Crippen LogP contribution >= 0.6 is 0 Å². The van der Waals surface area contributed by atoms with Gasteiger partial charge in [-0.2, -0.15) is 5.10 Å². The van der Waals surface area contributed by atoms with Crippen molar-refractivity contribution in [2.45, 2.75) is 45.8 Å². The van der Waals surface area contributed by atoms with E-state index in [2.05, 4.69) is 21.9 Å². The Morgan fingerprint density at radius 3 is 2.77 bits per heavy atom. The second kappa shape index (κ2) is 5.30. The van der Waals surface area contributed by atoms with Crippen molar-refractivity contribution < 1.29 is 9.53 Å². The van der Waals surface area contributed by atoms with Crippen LogP contribution in [0, 0.1) is 6.92 Å². The Hall–Kier alpha value is -2.04. The van der Waals surface area contributed by atoms with Crippen molar-refractivity contribution in [3.63, 3.8) is 0 Å². The number of carbonyl (C=O) groups excluding carboxylic acids is 1. The van der Waals surface area contributed by atoms with E-state index in [9.17, 15) is 4.79 Å². The van der Waals surface area contributed by atoms with Gasteiger partial charge in [-0.05, 0) is 40.2 Å². The van der Waals surface area contributed by atoms with Crippen molar-refractivity contribution >= 4 is 17.0 Å². The van der Waals surface area contributed by atoms with Crippen molar-refractivity contribution in [1.29, 1.82) is 0 Å². The highest BCUT2D eigenvalue weighted by Crippen LogP contribution is 2.28. The largest absolute Gasteiger partial charge is 0.444 e. The molecule has 0 aliphatic carbocycles. The molecule has 0 saturated carbocycles. The standard InChI is InChI=1S/C17H23N3O2/c1-12-14-7-5-6-8-15(14)20(18-12)13-9-10-19(11-13)16(21)22-17(2,3)4/h5-8,13H,9-11H2,1-4H3. The highest BCUT2D eigenvalue weighted by Gasteiger charge is 2.31. The topological polar surface area (TPSA) is 47.4 Å². The Labute approximate surface area is 130 Å². The fourth-order valence-electron chi connectivity index (χ4n) is 2.96. The molecule has 5 heteroatoms. The predicted octanol–water partition coefficient (Wildman–Crippen LogP) is 3.53. The zero-order chi connectivity index (χ0) is 15.9. The summed E-state index contributed by atoms with van der Waals surface area (Å²) < 4.78 is 7.52. The molecule has 0 bridgehead atoms. The SMILES string of the molecule is Cc1nn(C2CCN(C(=O)OC(C)(C)C)C2)c2ccccc12. The maximum absolute atomic E-state index is 12.2. The number of carbonyl (C=O) groups is 1. The van der Waals surface area contributed by atoms with Gasteiger partial charge in [0.05, 0.1) is 17.3 Å². The zero-order valence-corrected chi connectivity index (χ0v) is 13.7. The number of nitrogens with zero attached hydrogens (tertiary/aromatic N) is 3.